The molecule has 1 aromatic heterocycles. The number of aromatic nitrogens is 1. The maximum atomic E-state index is 5.72. The van der Waals surface area contributed by atoms with E-state index in [1.165, 1.54) is 5.56 Å². The maximum absolute atomic E-state index is 5.72. The summed E-state index contributed by atoms with van der Waals surface area (Å²) in [5.41, 5.74) is 10.6. The van der Waals surface area contributed by atoms with Crippen LogP contribution in [0.4, 0.5) is 5.69 Å². The molecule has 1 heterocycles. The molecular weight excluding hydrogens is 286 g/mol. The van der Waals surface area contributed by atoms with E-state index >= 15 is 0 Å². The van der Waals surface area contributed by atoms with Gasteiger partial charge in [0.05, 0.1) is 11.2 Å². The van der Waals surface area contributed by atoms with Crippen molar-refractivity contribution in [3.05, 3.63) is 44.8 Å². The molecule has 0 saturated heterocycles. The van der Waals surface area contributed by atoms with Crippen LogP contribution in [0.1, 0.15) is 11.3 Å². The van der Waals surface area contributed by atoms with Gasteiger partial charge in [0.15, 0.2) is 0 Å². The van der Waals surface area contributed by atoms with Gasteiger partial charge < -0.3 is 11.1 Å². The lowest BCUT2D eigenvalue weighted by Crippen LogP contribution is -2.12. The smallest absolute Gasteiger partial charge is 0.0795 e. The molecular formula is C11H12BrN3S. The molecule has 16 heavy (non-hydrogen) atoms. The van der Waals surface area contributed by atoms with Crippen LogP contribution in [0.3, 0.4) is 0 Å². The zero-order valence-corrected chi connectivity index (χ0v) is 11.0. The highest BCUT2D eigenvalue weighted by atomic mass is 79.9. The minimum atomic E-state index is 0.767. The molecule has 5 heteroatoms. The van der Waals surface area contributed by atoms with Crippen LogP contribution in [0, 0.1) is 0 Å². The molecule has 0 saturated carbocycles. The highest BCUT2D eigenvalue weighted by Crippen LogP contribution is 2.20. The highest BCUT2D eigenvalue weighted by Gasteiger charge is 1.99. The van der Waals surface area contributed by atoms with E-state index in [-0.39, 0.29) is 0 Å². The molecule has 0 bridgehead atoms. The van der Waals surface area contributed by atoms with Gasteiger partial charge in [-0.15, -0.1) is 11.3 Å². The van der Waals surface area contributed by atoms with Crippen LogP contribution in [0.2, 0.25) is 0 Å². The Hall–Kier alpha value is -0.910. The summed E-state index contributed by atoms with van der Waals surface area (Å²) >= 11 is 5.03. The SMILES string of the molecule is Nc1ccc(CNCc2cscn2)cc1Br. The first-order chi connectivity index (χ1) is 7.75. The van der Waals surface area contributed by atoms with Crippen LogP contribution in [0.5, 0.6) is 0 Å². The molecule has 84 valence electrons. The van der Waals surface area contributed by atoms with Gasteiger partial charge >= 0.3 is 0 Å². The third-order valence-electron chi connectivity index (χ3n) is 2.18. The third-order valence-corrected chi connectivity index (χ3v) is 3.51. The van der Waals surface area contributed by atoms with E-state index in [9.17, 15) is 0 Å². The zero-order valence-electron chi connectivity index (χ0n) is 8.61. The molecule has 0 fully saturated rings. The van der Waals surface area contributed by atoms with E-state index in [0.717, 1.165) is 28.9 Å². The van der Waals surface area contributed by atoms with E-state index in [1.807, 2.05) is 29.1 Å². The molecule has 0 amide bonds. The summed E-state index contributed by atoms with van der Waals surface area (Å²) in [6.07, 6.45) is 0. The van der Waals surface area contributed by atoms with E-state index in [0.29, 0.717) is 0 Å². The molecule has 0 aliphatic carbocycles. The Kier molecular flexibility index (Phi) is 3.93. The van der Waals surface area contributed by atoms with E-state index < -0.39 is 0 Å². The van der Waals surface area contributed by atoms with Crippen LogP contribution >= 0.6 is 27.3 Å². The lowest BCUT2D eigenvalue weighted by Gasteiger charge is -2.05. The molecule has 1 aromatic carbocycles. The average molecular weight is 298 g/mol. The van der Waals surface area contributed by atoms with Crippen molar-refractivity contribution in [2.45, 2.75) is 13.1 Å². The summed E-state index contributed by atoms with van der Waals surface area (Å²) in [6, 6.07) is 5.96. The van der Waals surface area contributed by atoms with Crippen molar-refractivity contribution in [2.75, 3.05) is 5.73 Å². The predicted octanol–water partition coefficient (Wildman–Crippen LogP) is 2.78. The lowest BCUT2D eigenvalue weighted by atomic mass is 10.2. The lowest BCUT2D eigenvalue weighted by molar-refractivity contribution is 0.682. The van der Waals surface area contributed by atoms with Crippen molar-refractivity contribution < 1.29 is 0 Å². The van der Waals surface area contributed by atoms with Crippen molar-refractivity contribution >= 4 is 33.0 Å². The van der Waals surface area contributed by atoms with Gasteiger partial charge in [-0.25, -0.2) is 4.98 Å². The largest absolute Gasteiger partial charge is 0.398 e. The Morgan fingerprint density at radius 1 is 1.38 bits per heavy atom. The first-order valence-electron chi connectivity index (χ1n) is 4.87. The van der Waals surface area contributed by atoms with Gasteiger partial charge in [0, 0.05) is 28.6 Å². The number of thiazole rings is 1. The van der Waals surface area contributed by atoms with Gasteiger partial charge in [0.1, 0.15) is 0 Å². The quantitative estimate of drug-likeness (QED) is 0.853. The standard InChI is InChI=1S/C11H12BrN3S/c12-10-3-8(1-2-11(10)13)4-14-5-9-6-16-7-15-9/h1-3,6-7,14H,4-5,13H2. The summed E-state index contributed by atoms with van der Waals surface area (Å²) in [5, 5.41) is 5.38. The fourth-order valence-electron chi connectivity index (χ4n) is 1.34. The molecule has 0 spiro atoms. The molecule has 2 rings (SSSR count). The summed E-state index contributed by atoms with van der Waals surface area (Å²) in [5.74, 6) is 0. The van der Waals surface area contributed by atoms with Crippen molar-refractivity contribution in [1.82, 2.24) is 10.3 Å². The van der Waals surface area contributed by atoms with Crippen LogP contribution in [0.25, 0.3) is 0 Å². The second-order valence-corrected chi connectivity index (χ2v) is 5.01. The Labute approximate surface area is 107 Å². The number of halogens is 1. The normalized spacial score (nSPS) is 10.6. The Balaban J connectivity index is 1.87. The van der Waals surface area contributed by atoms with Gasteiger partial charge in [-0.3, -0.25) is 0 Å². The van der Waals surface area contributed by atoms with E-state index in [4.69, 9.17) is 5.73 Å². The van der Waals surface area contributed by atoms with Crippen molar-refractivity contribution in [3.8, 4) is 0 Å². The Bertz CT molecular complexity index is 456. The molecule has 3 nitrogen and oxygen atoms in total. The second-order valence-electron chi connectivity index (χ2n) is 3.44. The molecule has 3 N–H and O–H groups in total. The van der Waals surface area contributed by atoms with E-state index in [2.05, 4.69) is 26.2 Å². The number of benzene rings is 1. The molecule has 0 aliphatic rings. The number of hydrogen-bond acceptors (Lipinski definition) is 4. The van der Waals surface area contributed by atoms with Crippen molar-refractivity contribution in [2.24, 2.45) is 0 Å². The molecule has 0 aliphatic heterocycles. The topological polar surface area (TPSA) is 50.9 Å². The molecule has 2 aromatic rings. The number of nitrogen functional groups attached to an aromatic ring is 1. The molecule has 0 unspecified atom stereocenters. The number of anilines is 1. The minimum absolute atomic E-state index is 0.767. The molecule has 0 atom stereocenters. The Morgan fingerprint density at radius 2 is 2.25 bits per heavy atom. The van der Waals surface area contributed by atoms with Gasteiger partial charge in [-0.2, -0.15) is 0 Å². The number of nitrogens with one attached hydrogen (secondary N) is 1. The summed E-state index contributed by atoms with van der Waals surface area (Å²) in [6.45, 7) is 1.61. The molecule has 0 radical (unpaired) electrons. The third kappa shape index (κ3) is 3.04. The monoisotopic (exact) mass is 297 g/mol. The van der Waals surface area contributed by atoms with Gasteiger partial charge in [0.25, 0.3) is 0 Å². The zero-order chi connectivity index (χ0) is 11.4. The fraction of sp³-hybridized carbons (Fsp3) is 0.182. The first kappa shape index (κ1) is 11.6. The van der Waals surface area contributed by atoms with E-state index in [1.54, 1.807) is 11.3 Å². The van der Waals surface area contributed by atoms with Crippen molar-refractivity contribution in [1.29, 1.82) is 0 Å². The van der Waals surface area contributed by atoms with Gasteiger partial charge in [-0.1, -0.05) is 6.07 Å². The predicted molar refractivity (Wildman–Crippen MR) is 71.2 cm³/mol. The summed E-state index contributed by atoms with van der Waals surface area (Å²) in [4.78, 5) is 4.21. The highest BCUT2D eigenvalue weighted by molar-refractivity contribution is 9.10. The number of nitrogens with zero attached hydrogens (tertiary/aromatic N) is 1. The number of nitrogens with two attached hydrogens (primary N) is 1. The summed E-state index contributed by atoms with van der Waals surface area (Å²) in [7, 11) is 0. The first-order valence-corrected chi connectivity index (χ1v) is 6.61. The summed E-state index contributed by atoms with van der Waals surface area (Å²) < 4.78 is 0.945. The van der Waals surface area contributed by atoms with Gasteiger partial charge in [-0.05, 0) is 33.6 Å². The van der Waals surface area contributed by atoms with Crippen LogP contribution in [0.15, 0.2) is 33.6 Å². The second kappa shape index (κ2) is 5.43. The number of hydrogen-bond donors (Lipinski definition) is 2. The average Bonchev–Trinajstić information content (AvgIpc) is 2.76. The van der Waals surface area contributed by atoms with Crippen LogP contribution in [-0.4, -0.2) is 4.98 Å². The van der Waals surface area contributed by atoms with Crippen LogP contribution < -0.4 is 11.1 Å². The minimum Gasteiger partial charge on any atom is -0.398 e. The van der Waals surface area contributed by atoms with Gasteiger partial charge in [0.2, 0.25) is 0 Å². The maximum Gasteiger partial charge on any atom is 0.0795 e. The van der Waals surface area contributed by atoms with Crippen molar-refractivity contribution in [3.63, 3.8) is 0 Å². The van der Waals surface area contributed by atoms with Crippen LogP contribution in [-0.2, 0) is 13.1 Å². The fourth-order valence-corrected chi connectivity index (χ4v) is 2.32. The Morgan fingerprint density at radius 3 is 2.94 bits per heavy atom. The number of rotatable bonds is 4.